The number of aromatic nitrogens is 1. The minimum atomic E-state index is -0.339. The van der Waals surface area contributed by atoms with Crippen molar-refractivity contribution in [1.29, 1.82) is 0 Å². The second kappa shape index (κ2) is 8.39. The van der Waals surface area contributed by atoms with Crippen LogP contribution in [0.3, 0.4) is 0 Å². The number of fused-ring (bicyclic) bond motifs is 4. The highest BCUT2D eigenvalue weighted by atomic mass is 16.1. The molecule has 0 unspecified atom stereocenters. The fourth-order valence-corrected chi connectivity index (χ4v) is 6.66. The van der Waals surface area contributed by atoms with E-state index < -0.39 is 0 Å². The van der Waals surface area contributed by atoms with Crippen LogP contribution >= 0.6 is 0 Å². The van der Waals surface area contributed by atoms with E-state index in [0.29, 0.717) is 11.6 Å². The van der Waals surface area contributed by atoms with E-state index in [9.17, 15) is 4.79 Å². The van der Waals surface area contributed by atoms with Crippen molar-refractivity contribution in [3.05, 3.63) is 58.3 Å². The van der Waals surface area contributed by atoms with Crippen molar-refractivity contribution < 1.29 is 4.79 Å². The molecule has 1 aromatic heterocycles. The Hall–Kier alpha value is -3.23. The summed E-state index contributed by atoms with van der Waals surface area (Å²) in [7, 11) is 0. The third-order valence-corrected chi connectivity index (χ3v) is 9.49. The molecule has 0 amide bonds. The normalized spacial score (nSPS) is 21.6. The van der Waals surface area contributed by atoms with Gasteiger partial charge in [-0.2, -0.15) is 0 Å². The molecule has 0 atom stereocenters. The summed E-state index contributed by atoms with van der Waals surface area (Å²) in [6.07, 6.45) is 7.75. The van der Waals surface area contributed by atoms with Crippen molar-refractivity contribution in [1.82, 2.24) is 9.88 Å². The Morgan fingerprint density at radius 2 is 1.76 bits per heavy atom. The molecule has 1 aliphatic heterocycles. The zero-order valence-corrected chi connectivity index (χ0v) is 22.0. The number of H-pyrrole nitrogens is 1. The highest BCUT2D eigenvalue weighted by Crippen LogP contribution is 2.46. The molecule has 37 heavy (non-hydrogen) atoms. The Kier molecular flexibility index (Phi) is 5.20. The minimum absolute atomic E-state index is 0.0911. The van der Waals surface area contributed by atoms with Crippen LogP contribution in [-0.2, 0) is 5.41 Å². The number of piperazine rings is 1. The molecule has 2 aromatic carbocycles. The zero-order chi connectivity index (χ0) is 25.3. The Balaban J connectivity index is 1.33. The smallest absolute Gasteiger partial charge is 0.195 e. The van der Waals surface area contributed by atoms with Crippen molar-refractivity contribution in [2.45, 2.75) is 63.8 Å². The fourth-order valence-electron chi connectivity index (χ4n) is 6.66. The van der Waals surface area contributed by atoms with Crippen LogP contribution in [0.4, 0.5) is 11.4 Å². The maximum Gasteiger partial charge on any atom is 0.195 e. The van der Waals surface area contributed by atoms with E-state index in [0.717, 1.165) is 71.1 Å². The summed E-state index contributed by atoms with van der Waals surface area (Å²) in [5.41, 5.74) is 13.2. The van der Waals surface area contributed by atoms with Crippen molar-refractivity contribution in [2.75, 3.05) is 36.8 Å². The van der Waals surface area contributed by atoms with Crippen molar-refractivity contribution in [3.63, 3.8) is 0 Å². The van der Waals surface area contributed by atoms with Crippen LogP contribution in [0, 0.1) is 17.8 Å². The van der Waals surface area contributed by atoms with Gasteiger partial charge in [-0.25, -0.2) is 0 Å². The lowest BCUT2D eigenvalue weighted by atomic mass is 9.70. The SMILES string of the molecule is CC1(C)c2cc(N3CCN(C4CCC4)CC3)c(C#CC3CCC3)cc2C(=O)c2c1[nH]c1cc(N)ccc21. The molecule has 0 spiro atoms. The molecule has 2 saturated carbocycles. The first kappa shape index (κ1) is 22.9. The van der Waals surface area contributed by atoms with Crippen LogP contribution in [0.5, 0.6) is 0 Å². The molecule has 5 nitrogen and oxygen atoms in total. The number of benzene rings is 2. The van der Waals surface area contributed by atoms with Gasteiger partial charge < -0.3 is 15.6 Å². The molecule has 7 rings (SSSR count). The van der Waals surface area contributed by atoms with Gasteiger partial charge in [0.1, 0.15) is 0 Å². The molecule has 3 aliphatic carbocycles. The predicted molar refractivity (Wildman–Crippen MR) is 150 cm³/mol. The summed E-state index contributed by atoms with van der Waals surface area (Å²) in [6.45, 7) is 8.69. The van der Waals surface area contributed by atoms with E-state index in [-0.39, 0.29) is 11.2 Å². The summed E-state index contributed by atoms with van der Waals surface area (Å²) in [4.78, 5) is 22.8. The molecule has 2 heterocycles. The highest BCUT2D eigenvalue weighted by Gasteiger charge is 2.41. The standard InChI is InChI=1S/C32H36N4O/c1-32(2)26-19-28(36-15-13-35(14-16-36)23-7-4-8-23)21(10-9-20-5-3-6-20)17-25(26)30(37)29-24-12-11-22(33)18-27(24)34-31(29)32/h11-12,17-20,23,34H,3-8,13-16,33H2,1-2H3. The topological polar surface area (TPSA) is 65.4 Å². The first-order chi connectivity index (χ1) is 17.9. The third-order valence-electron chi connectivity index (χ3n) is 9.49. The molecule has 3 aromatic rings. The Morgan fingerprint density at radius 1 is 1.00 bits per heavy atom. The van der Waals surface area contributed by atoms with Gasteiger partial charge in [-0.3, -0.25) is 9.69 Å². The number of hydrogen-bond acceptors (Lipinski definition) is 4. The molecular weight excluding hydrogens is 456 g/mol. The zero-order valence-electron chi connectivity index (χ0n) is 22.0. The number of carbonyl (C=O) groups is 1. The summed E-state index contributed by atoms with van der Waals surface area (Å²) in [5, 5.41) is 0.950. The summed E-state index contributed by atoms with van der Waals surface area (Å²) in [6, 6.07) is 11.0. The fraction of sp³-hybridized carbons (Fsp3) is 0.469. The number of carbonyl (C=O) groups excluding carboxylic acids is 1. The first-order valence-corrected chi connectivity index (χ1v) is 14.1. The van der Waals surface area contributed by atoms with Gasteiger partial charge in [0.15, 0.2) is 5.78 Å². The third kappa shape index (κ3) is 3.61. The minimum Gasteiger partial charge on any atom is -0.399 e. The average molecular weight is 493 g/mol. The quantitative estimate of drug-likeness (QED) is 0.369. The number of hydrogen-bond donors (Lipinski definition) is 2. The van der Waals surface area contributed by atoms with E-state index >= 15 is 0 Å². The molecule has 3 N–H and O–H groups in total. The predicted octanol–water partition coefficient (Wildman–Crippen LogP) is 5.45. The van der Waals surface area contributed by atoms with Crippen LogP contribution in [0.1, 0.15) is 85.1 Å². The van der Waals surface area contributed by atoms with E-state index in [2.05, 4.69) is 52.6 Å². The number of nitrogens with zero attached hydrogens (tertiary/aromatic N) is 2. The molecular formula is C32H36N4O. The van der Waals surface area contributed by atoms with Gasteiger partial charge in [0.2, 0.25) is 0 Å². The van der Waals surface area contributed by atoms with Crippen LogP contribution in [0.15, 0.2) is 30.3 Å². The summed E-state index contributed by atoms with van der Waals surface area (Å²) in [5.74, 6) is 7.67. The molecule has 4 aliphatic rings. The Bertz CT molecular complexity index is 1470. The van der Waals surface area contributed by atoms with Crippen molar-refractivity contribution >= 4 is 28.1 Å². The number of anilines is 2. The van der Waals surface area contributed by atoms with Gasteiger partial charge in [0.05, 0.1) is 11.3 Å². The number of ketones is 1. The highest BCUT2D eigenvalue weighted by molar-refractivity contribution is 6.20. The Morgan fingerprint density at radius 3 is 2.43 bits per heavy atom. The van der Waals surface area contributed by atoms with Gasteiger partial charge in [-0.15, -0.1) is 0 Å². The number of nitrogen functional groups attached to an aromatic ring is 1. The lowest BCUT2D eigenvalue weighted by Gasteiger charge is -2.44. The summed E-state index contributed by atoms with van der Waals surface area (Å²) < 4.78 is 0. The second-order valence-corrected chi connectivity index (χ2v) is 12.1. The molecule has 3 fully saturated rings. The van der Waals surface area contributed by atoms with Gasteiger partial charge in [-0.05, 0) is 55.5 Å². The van der Waals surface area contributed by atoms with Gasteiger partial charge in [0, 0.05) is 77.0 Å². The number of rotatable bonds is 2. The second-order valence-electron chi connectivity index (χ2n) is 12.1. The lowest BCUT2D eigenvalue weighted by molar-refractivity contribution is 0.103. The molecule has 5 heteroatoms. The van der Waals surface area contributed by atoms with Gasteiger partial charge >= 0.3 is 0 Å². The van der Waals surface area contributed by atoms with Gasteiger partial charge in [0.25, 0.3) is 0 Å². The van der Waals surface area contributed by atoms with E-state index in [1.807, 2.05) is 18.2 Å². The summed E-state index contributed by atoms with van der Waals surface area (Å²) >= 11 is 0. The first-order valence-electron chi connectivity index (χ1n) is 14.1. The monoisotopic (exact) mass is 492 g/mol. The molecule has 1 saturated heterocycles. The average Bonchev–Trinajstić information content (AvgIpc) is 3.21. The van der Waals surface area contributed by atoms with E-state index in [4.69, 9.17) is 5.73 Å². The lowest BCUT2D eigenvalue weighted by Crippen LogP contribution is -2.52. The maximum atomic E-state index is 14.0. The largest absolute Gasteiger partial charge is 0.399 e. The number of aromatic amines is 1. The van der Waals surface area contributed by atoms with Crippen molar-refractivity contribution in [2.24, 2.45) is 5.92 Å². The number of nitrogens with one attached hydrogen (secondary N) is 1. The van der Waals surface area contributed by atoms with Crippen LogP contribution in [0.25, 0.3) is 10.9 Å². The molecule has 190 valence electrons. The van der Waals surface area contributed by atoms with E-state index in [1.54, 1.807) is 0 Å². The van der Waals surface area contributed by atoms with Crippen LogP contribution in [0.2, 0.25) is 0 Å². The molecule has 0 radical (unpaired) electrons. The number of nitrogens with two attached hydrogens (primary N) is 1. The van der Waals surface area contributed by atoms with Crippen molar-refractivity contribution in [3.8, 4) is 11.8 Å². The van der Waals surface area contributed by atoms with Gasteiger partial charge in [-0.1, -0.05) is 44.6 Å². The molecule has 0 bridgehead atoms. The maximum absolute atomic E-state index is 14.0. The van der Waals surface area contributed by atoms with Crippen LogP contribution in [-0.4, -0.2) is 47.9 Å². The van der Waals surface area contributed by atoms with E-state index in [1.165, 1.54) is 44.2 Å². The van der Waals surface area contributed by atoms with Crippen LogP contribution < -0.4 is 10.6 Å². The Labute approximate surface area is 219 Å².